The van der Waals surface area contributed by atoms with Crippen molar-refractivity contribution in [2.45, 2.75) is 23.0 Å². The highest BCUT2D eigenvalue weighted by atomic mass is 32.2. The first-order valence-corrected chi connectivity index (χ1v) is 6.41. The van der Waals surface area contributed by atoms with Gasteiger partial charge in [0.25, 0.3) is 0 Å². The number of halogens is 1. The van der Waals surface area contributed by atoms with Crippen LogP contribution < -0.4 is 17.2 Å². The SMILES string of the molecule is C[C@H](N)c1c(F)cccc1Sc1nc(N)cc(N)n1. The minimum atomic E-state index is -0.429. The zero-order valence-corrected chi connectivity index (χ0v) is 11.1. The number of nitrogen functional groups attached to an aromatic ring is 2. The summed E-state index contributed by atoms with van der Waals surface area (Å²) in [6, 6.07) is 5.77. The van der Waals surface area contributed by atoms with Crippen molar-refractivity contribution >= 4 is 23.4 Å². The van der Waals surface area contributed by atoms with Gasteiger partial charge in [-0.05, 0) is 30.8 Å². The fourth-order valence-corrected chi connectivity index (χ4v) is 2.69. The molecule has 1 aromatic heterocycles. The lowest BCUT2D eigenvalue weighted by Crippen LogP contribution is -2.09. The van der Waals surface area contributed by atoms with Gasteiger partial charge in [-0.25, -0.2) is 14.4 Å². The van der Waals surface area contributed by atoms with Crippen molar-refractivity contribution in [1.29, 1.82) is 0 Å². The average Bonchev–Trinajstić information content (AvgIpc) is 2.26. The Bertz CT molecular complexity index is 582. The van der Waals surface area contributed by atoms with Gasteiger partial charge in [0.2, 0.25) is 0 Å². The first kappa shape index (κ1) is 13.6. The lowest BCUT2D eigenvalue weighted by Gasteiger charge is -2.12. The first-order valence-electron chi connectivity index (χ1n) is 5.59. The zero-order valence-electron chi connectivity index (χ0n) is 10.3. The second-order valence-corrected chi connectivity index (χ2v) is 5.05. The van der Waals surface area contributed by atoms with Gasteiger partial charge in [0, 0.05) is 22.6 Å². The predicted octanol–water partition coefficient (Wildman–Crippen LogP) is 1.95. The Morgan fingerprint density at radius 2 is 1.84 bits per heavy atom. The molecule has 1 atom stereocenters. The molecule has 5 nitrogen and oxygen atoms in total. The third kappa shape index (κ3) is 3.12. The van der Waals surface area contributed by atoms with E-state index in [1.54, 1.807) is 19.1 Å². The fourth-order valence-electron chi connectivity index (χ4n) is 1.65. The van der Waals surface area contributed by atoms with Crippen molar-refractivity contribution in [3.05, 3.63) is 35.6 Å². The summed E-state index contributed by atoms with van der Waals surface area (Å²) in [7, 11) is 0. The van der Waals surface area contributed by atoms with Crippen molar-refractivity contribution in [3.63, 3.8) is 0 Å². The van der Waals surface area contributed by atoms with Gasteiger partial charge < -0.3 is 17.2 Å². The van der Waals surface area contributed by atoms with Crippen molar-refractivity contribution in [3.8, 4) is 0 Å². The van der Waals surface area contributed by atoms with Crippen LogP contribution in [0.5, 0.6) is 0 Å². The van der Waals surface area contributed by atoms with E-state index in [9.17, 15) is 4.39 Å². The van der Waals surface area contributed by atoms with Crippen molar-refractivity contribution < 1.29 is 4.39 Å². The fraction of sp³-hybridized carbons (Fsp3) is 0.167. The molecule has 0 saturated carbocycles. The van der Waals surface area contributed by atoms with Gasteiger partial charge in [-0.15, -0.1) is 0 Å². The lowest BCUT2D eigenvalue weighted by atomic mass is 10.1. The molecule has 0 unspecified atom stereocenters. The average molecular weight is 279 g/mol. The molecule has 0 bridgehead atoms. The Morgan fingerprint density at radius 1 is 1.21 bits per heavy atom. The maximum absolute atomic E-state index is 13.8. The van der Waals surface area contributed by atoms with E-state index in [1.165, 1.54) is 23.9 Å². The molecule has 6 N–H and O–H groups in total. The first-order chi connectivity index (χ1) is 8.97. The van der Waals surface area contributed by atoms with Gasteiger partial charge in [0.05, 0.1) is 0 Å². The minimum absolute atomic E-state index is 0.272. The molecular weight excluding hydrogens is 265 g/mol. The number of nitrogens with two attached hydrogens (primary N) is 3. The standard InChI is InChI=1S/C12H14FN5S/c1-6(14)11-7(13)3-2-4-8(11)19-12-17-9(15)5-10(16)18-12/h2-6H,14H2,1H3,(H4,15,16,17,18)/t6-/m0/s1. The predicted molar refractivity (Wildman–Crippen MR) is 74.0 cm³/mol. The summed E-state index contributed by atoms with van der Waals surface area (Å²) in [5.41, 5.74) is 17.4. The molecule has 1 heterocycles. The van der Waals surface area contributed by atoms with Crippen LogP contribution in [0.3, 0.4) is 0 Å². The van der Waals surface area contributed by atoms with E-state index in [0.29, 0.717) is 15.6 Å². The van der Waals surface area contributed by atoms with E-state index in [1.807, 2.05) is 0 Å². The number of anilines is 2. The largest absolute Gasteiger partial charge is 0.383 e. The van der Waals surface area contributed by atoms with E-state index >= 15 is 0 Å². The number of rotatable bonds is 3. The summed E-state index contributed by atoms with van der Waals surface area (Å²) in [5, 5.41) is 0.366. The molecule has 2 aromatic rings. The molecule has 0 saturated heterocycles. The smallest absolute Gasteiger partial charge is 0.196 e. The molecule has 0 amide bonds. The maximum atomic E-state index is 13.8. The summed E-state index contributed by atoms with van der Waals surface area (Å²) in [6.07, 6.45) is 0. The highest BCUT2D eigenvalue weighted by Crippen LogP contribution is 2.32. The number of nitrogens with zero attached hydrogens (tertiary/aromatic N) is 2. The minimum Gasteiger partial charge on any atom is -0.383 e. The summed E-state index contributed by atoms with van der Waals surface area (Å²) >= 11 is 1.18. The van der Waals surface area contributed by atoms with Crippen LogP contribution in [0, 0.1) is 5.82 Å². The molecular formula is C12H14FN5S. The molecule has 2 rings (SSSR count). The van der Waals surface area contributed by atoms with Crippen molar-refractivity contribution in [2.24, 2.45) is 5.73 Å². The van der Waals surface area contributed by atoms with Gasteiger partial charge in [-0.3, -0.25) is 0 Å². The highest BCUT2D eigenvalue weighted by molar-refractivity contribution is 7.99. The topological polar surface area (TPSA) is 104 Å². The van der Waals surface area contributed by atoms with Crippen LogP contribution in [0.25, 0.3) is 0 Å². The van der Waals surface area contributed by atoms with Gasteiger partial charge in [0.15, 0.2) is 5.16 Å². The lowest BCUT2D eigenvalue weighted by molar-refractivity contribution is 0.585. The number of hydrogen-bond acceptors (Lipinski definition) is 6. The monoisotopic (exact) mass is 279 g/mol. The van der Waals surface area contributed by atoms with Crippen LogP contribution in [0.15, 0.2) is 34.3 Å². The molecule has 0 aliphatic heterocycles. The summed E-state index contributed by atoms with van der Waals surface area (Å²) < 4.78 is 13.8. The van der Waals surface area contributed by atoms with Crippen LogP contribution in [0.4, 0.5) is 16.0 Å². The number of hydrogen-bond donors (Lipinski definition) is 3. The van der Waals surface area contributed by atoms with Crippen LogP contribution in [0.1, 0.15) is 18.5 Å². The van der Waals surface area contributed by atoms with Crippen molar-refractivity contribution in [1.82, 2.24) is 9.97 Å². The van der Waals surface area contributed by atoms with E-state index in [4.69, 9.17) is 17.2 Å². The molecule has 100 valence electrons. The second-order valence-electron chi connectivity index (χ2n) is 4.04. The number of aromatic nitrogens is 2. The molecule has 19 heavy (non-hydrogen) atoms. The Morgan fingerprint density at radius 3 is 2.42 bits per heavy atom. The number of benzene rings is 1. The van der Waals surface area contributed by atoms with Crippen LogP contribution in [0.2, 0.25) is 0 Å². The van der Waals surface area contributed by atoms with Gasteiger partial charge in [-0.1, -0.05) is 6.07 Å². The summed E-state index contributed by atoms with van der Waals surface area (Å²) in [4.78, 5) is 8.74. The quantitative estimate of drug-likeness (QED) is 0.742. The normalized spacial score (nSPS) is 12.4. The van der Waals surface area contributed by atoms with Crippen LogP contribution in [-0.2, 0) is 0 Å². The molecule has 0 spiro atoms. The molecule has 0 aliphatic rings. The van der Waals surface area contributed by atoms with E-state index in [2.05, 4.69) is 9.97 Å². The Labute approximate surface area is 114 Å². The Balaban J connectivity index is 2.40. The summed E-state index contributed by atoms with van der Waals surface area (Å²) in [6.45, 7) is 1.72. The third-order valence-corrected chi connectivity index (χ3v) is 3.36. The van der Waals surface area contributed by atoms with Crippen molar-refractivity contribution in [2.75, 3.05) is 11.5 Å². The molecule has 0 aliphatic carbocycles. The second kappa shape index (κ2) is 5.41. The highest BCUT2D eigenvalue weighted by Gasteiger charge is 2.14. The summed E-state index contributed by atoms with van der Waals surface area (Å²) in [5.74, 6) is 0.194. The van der Waals surface area contributed by atoms with Gasteiger partial charge >= 0.3 is 0 Å². The Kier molecular flexibility index (Phi) is 3.87. The van der Waals surface area contributed by atoms with Crippen LogP contribution in [-0.4, -0.2) is 9.97 Å². The van der Waals surface area contributed by atoms with Gasteiger partial charge in [0.1, 0.15) is 17.5 Å². The van der Waals surface area contributed by atoms with Crippen LogP contribution >= 0.6 is 11.8 Å². The van der Waals surface area contributed by atoms with Gasteiger partial charge in [-0.2, -0.15) is 0 Å². The molecule has 7 heteroatoms. The third-order valence-electron chi connectivity index (χ3n) is 2.41. The van der Waals surface area contributed by atoms with E-state index in [-0.39, 0.29) is 17.5 Å². The molecule has 0 radical (unpaired) electrons. The van der Waals surface area contributed by atoms with E-state index < -0.39 is 6.04 Å². The Hall–Kier alpha value is -1.86. The zero-order chi connectivity index (χ0) is 14.0. The molecule has 1 aromatic carbocycles. The van der Waals surface area contributed by atoms with E-state index in [0.717, 1.165) is 0 Å². The molecule has 0 fully saturated rings. The maximum Gasteiger partial charge on any atom is 0.196 e.